The molecule has 136 valence electrons. The number of thiazole rings is 1. The maximum Gasteiger partial charge on any atom is 0.237 e. The molecule has 7 heteroatoms. The van der Waals surface area contributed by atoms with Crippen molar-refractivity contribution in [1.82, 2.24) is 4.98 Å². The molecule has 1 aromatic heterocycles. The van der Waals surface area contributed by atoms with Gasteiger partial charge in [-0.1, -0.05) is 54.2 Å². The number of aromatic nitrogens is 1. The second kappa shape index (κ2) is 9.31. The zero-order valence-corrected chi connectivity index (χ0v) is 16.0. The predicted molar refractivity (Wildman–Crippen MR) is 107 cm³/mol. The number of benzene rings is 2. The molecule has 0 aliphatic heterocycles. The maximum absolute atomic E-state index is 14.1. The van der Waals surface area contributed by atoms with E-state index >= 15 is 0 Å². The Morgan fingerprint density at radius 2 is 1.93 bits per heavy atom. The first-order valence-electron chi connectivity index (χ1n) is 8.24. The zero-order chi connectivity index (χ0) is 19.1. The second-order valence-corrected chi connectivity index (χ2v) is 7.64. The number of carbonyl (C=O) groups excluding carboxylic acids is 1. The fourth-order valence-electron chi connectivity index (χ4n) is 2.48. The normalized spacial score (nSPS) is 10.4. The molecule has 0 N–H and O–H groups in total. The average Bonchev–Trinajstić information content (AvgIpc) is 3.18. The summed E-state index contributed by atoms with van der Waals surface area (Å²) in [5.41, 5.74) is 2.09. The number of hydrogen-bond donors (Lipinski definition) is 0. The minimum absolute atomic E-state index is 0.126. The summed E-state index contributed by atoms with van der Waals surface area (Å²) in [5, 5.41) is 10.8. The molecular weight excluding hydrogens is 381 g/mol. The smallest absolute Gasteiger partial charge is 0.237 e. The van der Waals surface area contributed by atoms with Crippen molar-refractivity contribution >= 4 is 34.7 Å². The molecule has 0 saturated heterocycles. The van der Waals surface area contributed by atoms with Crippen LogP contribution in [0.15, 0.2) is 64.3 Å². The van der Waals surface area contributed by atoms with E-state index < -0.39 is 5.82 Å². The number of para-hydroxylation sites is 1. The van der Waals surface area contributed by atoms with Gasteiger partial charge in [-0.15, -0.1) is 11.3 Å². The first-order valence-corrected chi connectivity index (χ1v) is 10.1. The van der Waals surface area contributed by atoms with Gasteiger partial charge in [0, 0.05) is 17.5 Å². The number of rotatable bonds is 7. The van der Waals surface area contributed by atoms with E-state index in [4.69, 9.17) is 5.26 Å². The van der Waals surface area contributed by atoms with E-state index in [1.165, 1.54) is 34.1 Å². The van der Waals surface area contributed by atoms with Crippen molar-refractivity contribution in [3.63, 3.8) is 0 Å². The molecule has 0 radical (unpaired) electrons. The molecule has 2 aromatic carbocycles. The molecule has 27 heavy (non-hydrogen) atoms. The Labute approximate surface area is 165 Å². The lowest BCUT2D eigenvalue weighted by molar-refractivity contribution is -0.116. The highest BCUT2D eigenvalue weighted by Crippen LogP contribution is 2.29. The molecule has 0 aliphatic rings. The summed E-state index contributed by atoms with van der Waals surface area (Å²) < 4.78 is 14.9. The van der Waals surface area contributed by atoms with Crippen LogP contribution in [-0.4, -0.2) is 23.2 Å². The minimum Gasteiger partial charge on any atom is -0.308 e. The first-order chi connectivity index (χ1) is 13.2. The molecule has 1 amide bonds. The summed E-state index contributed by atoms with van der Waals surface area (Å²) in [4.78, 5) is 18.5. The number of amides is 1. The lowest BCUT2D eigenvalue weighted by atomic mass is 10.2. The average molecular weight is 398 g/mol. The van der Waals surface area contributed by atoms with Gasteiger partial charge in [-0.3, -0.25) is 4.79 Å². The fourth-order valence-corrected chi connectivity index (χ4v) is 4.19. The number of nitriles is 1. The van der Waals surface area contributed by atoms with Crippen molar-refractivity contribution in [3.05, 3.63) is 65.8 Å². The standard InChI is InChI=1S/C20H16FN3OS2/c21-16-9-4-5-10-18(16)24(12-6-11-22)19(25)14-27-20-23-17(13-26-20)15-7-2-1-3-8-15/h1-5,7-10,13H,6,12,14H2. The van der Waals surface area contributed by atoms with Gasteiger partial charge in [0.1, 0.15) is 5.82 Å². The van der Waals surface area contributed by atoms with Crippen molar-refractivity contribution in [1.29, 1.82) is 5.26 Å². The zero-order valence-electron chi connectivity index (χ0n) is 14.3. The van der Waals surface area contributed by atoms with Gasteiger partial charge in [-0.05, 0) is 12.1 Å². The van der Waals surface area contributed by atoms with E-state index in [0.29, 0.717) is 0 Å². The molecule has 0 fully saturated rings. The number of anilines is 1. The van der Waals surface area contributed by atoms with Gasteiger partial charge in [-0.2, -0.15) is 5.26 Å². The van der Waals surface area contributed by atoms with Crippen LogP contribution in [0.25, 0.3) is 11.3 Å². The summed E-state index contributed by atoms with van der Waals surface area (Å²) >= 11 is 2.79. The van der Waals surface area contributed by atoms with Crippen molar-refractivity contribution in [2.24, 2.45) is 0 Å². The van der Waals surface area contributed by atoms with Gasteiger partial charge in [-0.25, -0.2) is 9.37 Å². The van der Waals surface area contributed by atoms with Crippen molar-refractivity contribution in [2.75, 3.05) is 17.2 Å². The van der Waals surface area contributed by atoms with Gasteiger partial charge in [0.2, 0.25) is 5.91 Å². The van der Waals surface area contributed by atoms with Crippen LogP contribution in [0.3, 0.4) is 0 Å². The van der Waals surface area contributed by atoms with Crippen LogP contribution in [-0.2, 0) is 4.79 Å². The van der Waals surface area contributed by atoms with Crippen LogP contribution in [0.5, 0.6) is 0 Å². The lowest BCUT2D eigenvalue weighted by Crippen LogP contribution is -2.34. The van der Waals surface area contributed by atoms with Gasteiger partial charge < -0.3 is 4.90 Å². The highest BCUT2D eigenvalue weighted by Gasteiger charge is 2.19. The van der Waals surface area contributed by atoms with E-state index in [1.807, 2.05) is 41.8 Å². The lowest BCUT2D eigenvalue weighted by Gasteiger charge is -2.21. The summed E-state index contributed by atoms with van der Waals surface area (Å²) in [7, 11) is 0. The molecule has 4 nitrogen and oxygen atoms in total. The molecule has 0 saturated carbocycles. The Bertz CT molecular complexity index is 953. The quantitative estimate of drug-likeness (QED) is 0.527. The van der Waals surface area contributed by atoms with Gasteiger partial charge >= 0.3 is 0 Å². The summed E-state index contributed by atoms with van der Waals surface area (Å²) in [6.07, 6.45) is 0.139. The minimum atomic E-state index is -0.477. The fraction of sp³-hybridized carbons (Fsp3) is 0.150. The van der Waals surface area contributed by atoms with E-state index in [9.17, 15) is 9.18 Å². The van der Waals surface area contributed by atoms with Gasteiger partial charge in [0.05, 0.1) is 29.6 Å². The highest BCUT2D eigenvalue weighted by molar-refractivity contribution is 8.01. The van der Waals surface area contributed by atoms with Crippen LogP contribution in [0, 0.1) is 17.1 Å². The maximum atomic E-state index is 14.1. The molecule has 0 aliphatic carbocycles. The van der Waals surface area contributed by atoms with Crippen LogP contribution in [0.4, 0.5) is 10.1 Å². The monoisotopic (exact) mass is 397 g/mol. The van der Waals surface area contributed by atoms with Crippen LogP contribution < -0.4 is 4.90 Å². The third-order valence-electron chi connectivity index (χ3n) is 3.76. The molecule has 1 heterocycles. The van der Waals surface area contributed by atoms with Gasteiger partial charge in [0.15, 0.2) is 4.34 Å². The third-order valence-corrected chi connectivity index (χ3v) is 5.77. The van der Waals surface area contributed by atoms with E-state index in [1.54, 1.807) is 18.2 Å². The summed E-state index contributed by atoms with van der Waals surface area (Å²) in [6.45, 7) is 0.157. The Balaban J connectivity index is 1.69. The largest absolute Gasteiger partial charge is 0.308 e. The second-order valence-electron chi connectivity index (χ2n) is 5.56. The van der Waals surface area contributed by atoms with Crippen molar-refractivity contribution < 1.29 is 9.18 Å². The molecule has 0 unspecified atom stereocenters. The van der Waals surface area contributed by atoms with Crippen LogP contribution in [0.1, 0.15) is 6.42 Å². The first kappa shape index (κ1) is 19.1. The SMILES string of the molecule is N#CCCN(C(=O)CSc1nc(-c2ccccc2)cs1)c1ccccc1F. The topological polar surface area (TPSA) is 57.0 Å². The number of thioether (sulfide) groups is 1. The summed E-state index contributed by atoms with van der Waals surface area (Å²) in [5.74, 6) is -0.604. The van der Waals surface area contributed by atoms with Crippen LogP contribution >= 0.6 is 23.1 Å². The predicted octanol–water partition coefficient (Wildman–Crippen LogP) is 4.99. The van der Waals surface area contributed by atoms with Crippen LogP contribution in [0.2, 0.25) is 0 Å². The molecule has 0 spiro atoms. The number of nitrogens with zero attached hydrogens (tertiary/aromatic N) is 3. The number of hydrogen-bond acceptors (Lipinski definition) is 5. The van der Waals surface area contributed by atoms with Crippen molar-refractivity contribution in [3.8, 4) is 17.3 Å². The molecular formula is C20H16FN3OS2. The summed E-state index contributed by atoms with van der Waals surface area (Å²) in [6, 6.07) is 17.9. The Morgan fingerprint density at radius 3 is 2.67 bits per heavy atom. The van der Waals surface area contributed by atoms with E-state index in [2.05, 4.69) is 4.98 Å². The number of carbonyl (C=O) groups is 1. The van der Waals surface area contributed by atoms with Gasteiger partial charge in [0.25, 0.3) is 0 Å². The van der Waals surface area contributed by atoms with Crippen molar-refractivity contribution in [2.45, 2.75) is 10.8 Å². The Kier molecular flexibility index (Phi) is 6.58. The molecule has 0 atom stereocenters. The highest BCUT2D eigenvalue weighted by atomic mass is 32.2. The Morgan fingerprint density at radius 1 is 1.19 bits per heavy atom. The Hall–Kier alpha value is -2.69. The molecule has 3 rings (SSSR count). The number of halogens is 1. The van der Waals surface area contributed by atoms with E-state index in [0.717, 1.165) is 15.6 Å². The third kappa shape index (κ3) is 4.94. The molecule has 0 bridgehead atoms. The van der Waals surface area contributed by atoms with E-state index in [-0.39, 0.29) is 30.3 Å². The molecule has 3 aromatic rings.